The number of nitro groups is 1. The highest BCUT2D eigenvalue weighted by molar-refractivity contribution is 5.98. The molecule has 1 aromatic rings. The summed E-state index contributed by atoms with van der Waals surface area (Å²) < 4.78 is 0. The molecule has 134 valence electrons. The van der Waals surface area contributed by atoms with Gasteiger partial charge in [-0.15, -0.1) is 0 Å². The molecule has 2 aliphatic heterocycles. The van der Waals surface area contributed by atoms with Crippen LogP contribution in [0.15, 0.2) is 24.3 Å². The Hall–Kier alpha value is -2.48. The summed E-state index contributed by atoms with van der Waals surface area (Å²) in [4.78, 5) is 37.4. The molecule has 2 amide bonds. The molecule has 3 unspecified atom stereocenters. The number of nitro benzene ring substituents is 1. The van der Waals surface area contributed by atoms with Gasteiger partial charge in [0.15, 0.2) is 0 Å². The standard InChI is InChI=1S/C17H22N4O4/c1-11(17(23)20-13-5-6-15(20)10-18-8-7-13)19-16(22)12-3-2-4-14(9-12)21(24)25/h2-4,9,11,13,15,18H,5-8,10H2,1H3,(H,19,22). The summed E-state index contributed by atoms with van der Waals surface area (Å²) in [5.74, 6) is -0.570. The first kappa shape index (κ1) is 17.3. The first-order valence-corrected chi connectivity index (χ1v) is 8.55. The fraction of sp³-hybridized carbons (Fsp3) is 0.529. The Morgan fingerprint density at radius 3 is 2.84 bits per heavy atom. The van der Waals surface area contributed by atoms with Crippen molar-refractivity contribution in [2.24, 2.45) is 0 Å². The van der Waals surface area contributed by atoms with Crippen LogP contribution in [0, 0.1) is 10.1 Å². The first-order valence-electron chi connectivity index (χ1n) is 8.55. The van der Waals surface area contributed by atoms with Crippen LogP contribution in [0.3, 0.4) is 0 Å². The van der Waals surface area contributed by atoms with Gasteiger partial charge in [-0.3, -0.25) is 19.7 Å². The van der Waals surface area contributed by atoms with Crippen LogP contribution in [-0.4, -0.2) is 52.9 Å². The number of fused-ring (bicyclic) bond motifs is 2. The molecule has 25 heavy (non-hydrogen) atoms. The van der Waals surface area contributed by atoms with E-state index in [9.17, 15) is 19.7 Å². The second-order valence-electron chi connectivity index (χ2n) is 6.63. The van der Waals surface area contributed by atoms with Crippen molar-refractivity contribution >= 4 is 17.5 Å². The van der Waals surface area contributed by atoms with E-state index < -0.39 is 16.9 Å². The third kappa shape index (κ3) is 3.63. The van der Waals surface area contributed by atoms with E-state index in [4.69, 9.17) is 0 Å². The molecule has 0 spiro atoms. The monoisotopic (exact) mass is 346 g/mol. The van der Waals surface area contributed by atoms with Gasteiger partial charge >= 0.3 is 0 Å². The van der Waals surface area contributed by atoms with Gasteiger partial charge < -0.3 is 15.5 Å². The predicted octanol–water partition coefficient (Wildman–Crippen LogP) is 1.07. The largest absolute Gasteiger partial charge is 0.341 e. The summed E-state index contributed by atoms with van der Waals surface area (Å²) in [6.07, 6.45) is 2.91. The normalized spacial score (nSPS) is 23.6. The fourth-order valence-electron chi connectivity index (χ4n) is 3.67. The van der Waals surface area contributed by atoms with Gasteiger partial charge in [0.25, 0.3) is 11.6 Å². The van der Waals surface area contributed by atoms with Gasteiger partial charge in [-0.2, -0.15) is 0 Å². The molecule has 0 aliphatic carbocycles. The topological polar surface area (TPSA) is 105 Å². The molecule has 2 saturated heterocycles. The highest BCUT2D eigenvalue weighted by Crippen LogP contribution is 2.28. The molecule has 3 atom stereocenters. The minimum Gasteiger partial charge on any atom is -0.341 e. The number of nitrogens with one attached hydrogen (secondary N) is 2. The van der Waals surface area contributed by atoms with Gasteiger partial charge in [0.2, 0.25) is 5.91 Å². The second kappa shape index (κ2) is 7.18. The zero-order chi connectivity index (χ0) is 18.0. The molecular weight excluding hydrogens is 324 g/mol. The number of rotatable bonds is 4. The van der Waals surface area contributed by atoms with E-state index in [1.54, 1.807) is 6.92 Å². The molecule has 0 saturated carbocycles. The van der Waals surface area contributed by atoms with Crippen molar-refractivity contribution in [2.75, 3.05) is 13.1 Å². The van der Waals surface area contributed by atoms with Crippen LogP contribution in [0.1, 0.15) is 36.5 Å². The Kier molecular flexibility index (Phi) is 4.98. The summed E-state index contributed by atoms with van der Waals surface area (Å²) in [5.41, 5.74) is 0.0256. The Labute approximate surface area is 145 Å². The van der Waals surface area contributed by atoms with Crippen LogP contribution in [0.5, 0.6) is 0 Å². The van der Waals surface area contributed by atoms with E-state index in [0.29, 0.717) is 0 Å². The molecule has 0 radical (unpaired) electrons. The SMILES string of the molecule is CC(NC(=O)c1cccc([N+](=O)[O-])c1)C(=O)N1C2CCNCC1CC2. The minimum absolute atomic E-state index is 0.0880. The van der Waals surface area contributed by atoms with Crippen molar-refractivity contribution in [1.82, 2.24) is 15.5 Å². The van der Waals surface area contributed by atoms with Crippen molar-refractivity contribution in [3.8, 4) is 0 Å². The Balaban J connectivity index is 1.68. The molecule has 2 heterocycles. The number of carbonyl (C=O) groups is 2. The summed E-state index contributed by atoms with van der Waals surface area (Å²) in [6, 6.07) is 5.23. The van der Waals surface area contributed by atoms with Gasteiger partial charge in [-0.05, 0) is 38.8 Å². The fourth-order valence-corrected chi connectivity index (χ4v) is 3.67. The van der Waals surface area contributed by atoms with Gasteiger partial charge in [0, 0.05) is 36.3 Å². The van der Waals surface area contributed by atoms with E-state index >= 15 is 0 Å². The number of carbonyl (C=O) groups excluding carboxylic acids is 2. The molecule has 8 nitrogen and oxygen atoms in total. The molecule has 3 rings (SSSR count). The molecule has 2 aliphatic rings. The number of non-ortho nitro benzene ring substituents is 1. The number of nitrogens with zero attached hydrogens (tertiary/aromatic N) is 2. The molecule has 2 fully saturated rings. The van der Waals surface area contributed by atoms with E-state index in [0.717, 1.165) is 32.4 Å². The van der Waals surface area contributed by atoms with E-state index in [1.165, 1.54) is 24.3 Å². The highest BCUT2D eigenvalue weighted by Gasteiger charge is 2.39. The van der Waals surface area contributed by atoms with E-state index in [-0.39, 0.29) is 29.2 Å². The van der Waals surface area contributed by atoms with Gasteiger partial charge in [-0.1, -0.05) is 6.07 Å². The van der Waals surface area contributed by atoms with Gasteiger partial charge in [0.1, 0.15) is 6.04 Å². The summed E-state index contributed by atoms with van der Waals surface area (Å²) in [6.45, 7) is 3.35. The maximum atomic E-state index is 12.8. The Morgan fingerprint density at radius 2 is 2.08 bits per heavy atom. The van der Waals surface area contributed by atoms with Crippen molar-refractivity contribution in [2.45, 2.75) is 44.3 Å². The van der Waals surface area contributed by atoms with E-state index in [2.05, 4.69) is 10.6 Å². The predicted molar refractivity (Wildman–Crippen MR) is 91.2 cm³/mol. The Bertz CT molecular complexity index is 679. The Morgan fingerprint density at radius 1 is 1.32 bits per heavy atom. The quantitative estimate of drug-likeness (QED) is 0.627. The first-order chi connectivity index (χ1) is 12.0. The number of hydrogen-bond acceptors (Lipinski definition) is 5. The van der Waals surface area contributed by atoms with Crippen molar-refractivity contribution in [1.29, 1.82) is 0 Å². The molecular formula is C17H22N4O4. The smallest absolute Gasteiger partial charge is 0.270 e. The lowest BCUT2D eigenvalue weighted by Crippen LogP contribution is -2.51. The van der Waals surface area contributed by atoms with Crippen molar-refractivity contribution < 1.29 is 14.5 Å². The summed E-state index contributed by atoms with van der Waals surface area (Å²) in [7, 11) is 0. The number of benzene rings is 1. The average molecular weight is 346 g/mol. The third-order valence-corrected chi connectivity index (χ3v) is 4.95. The zero-order valence-corrected chi connectivity index (χ0v) is 14.1. The lowest BCUT2D eigenvalue weighted by molar-refractivity contribution is -0.384. The highest BCUT2D eigenvalue weighted by atomic mass is 16.6. The van der Waals surface area contributed by atoms with E-state index in [1.807, 2.05) is 4.90 Å². The van der Waals surface area contributed by atoms with Crippen LogP contribution < -0.4 is 10.6 Å². The van der Waals surface area contributed by atoms with Gasteiger partial charge in [0.05, 0.1) is 4.92 Å². The summed E-state index contributed by atoms with van der Waals surface area (Å²) >= 11 is 0. The lowest BCUT2D eigenvalue weighted by Gasteiger charge is -2.30. The van der Waals surface area contributed by atoms with Crippen molar-refractivity contribution in [3.05, 3.63) is 39.9 Å². The second-order valence-corrected chi connectivity index (χ2v) is 6.63. The maximum absolute atomic E-state index is 12.8. The lowest BCUT2D eigenvalue weighted by atomic mass is 10.1. The molecule has 8 heteroatoms. The van der Waals surface area contributed by atoms with Crippen molar-refractivity contribution in [3.63, 3.8) is 0 Å². The third-order valence-electron chi connectivity index (χ3n) is 4.95. The number of hydrogen-bond donors (Lipinski definition) is 2. The van der Waals surface area contributed by atoms with Crippen LogP contribution in [0.25, 0.3) is 0 Å². The molecule has 2 N–H and O–H groups in total. The molecule has 2 bridgehead atoms. The van der Waals surface area contributed by atoms with Crippen LogP contribution in [0.4, 0.5) is 5.69 Å². The minimum atomic E-state index is -0.673. The van der Waals surface area contributed by atoms with Crippen LogP contribution >= 0.6 is 0 Å². The maximum Gasteiger partial charge on any atom is 0.270 e. The molecule has 0 aromatic heterocycles. The molecule has 1 aromatic carbocycles. The van der Waals surface area contributed by atoms with Crippen LogP contribution in [-0.2, 0) is 4.79 Å². The zero-order valence-electron chi connectivity index (χ0n) is 14.1. The van der Waals surface area contributed by atoms with Gasteiger partial charge in [-0.25, -0.2) is 0 Å². The summed E-state index contributed by atoms with van der Waals surface area (Å²) in [5, 5.41) is 16.8. The average Bonchev–Trinajstić information content (AvgIpc) is 2.86. The number of amides is 2. The van der Waals surface area contributed by atoms with Crippen LogP contribution in [0.2, 0.25) is 0 Å².